The summed E-state index contributed by atoms with van der Waals surface area (Å²) in [5.74, 6) is -0.579. The Morgan fingerprint density at radius 2 is 1.78 bits per heavy atom. The number of carbonyl (C=O) groups excluding carboxylic acids is 1. The van der Waals surface area contributed by atoms with Crippen LogP contribution in [0.3, 0.4) is 0 Å². The molecule has 1 fully saturated rings. The number of aryl methyl sites for hydroxylation is 1. The van der Waals surface area contributed by atoms with Gasteiger partial charge in [0.25, 0.3) is 0 Å². The van der Waals surface area contributed by atoms with E-state index in [4.69, 9.17) is 5.73 Å². The van der Waals surface area contributed by atoms with E-state index < -0.39 is 15.9 Å². The minimum absolute atomic E-state index is 0. The molecular weight excluding hydrogens is 386 g/mol. The lowest BCUT2D eigenvalue weighted by Crippen LogP contribution is -2.48. The van der Waals surface area contributed by atoms with Crippen molar-refractivity contribution in [1.29, 1.82) is 0 Å². The standard InChI is InChI=1S/C19H23N3O3S.ClH/c1-2-14-3-5-15(6-4-14)18-13-21-11-12-22(18)26(24,25)17-9-7-16(8-10-17)19(20)23;/h3-10,18,21H,2,11-13H2,1H3,(H2,20,23);1H. The van der Waals surface area contributed by atoms with Crippen molar-refractivity contribution in [3.63, 3.8) is 0 Å². The predicted octanol–water partition coefficient (Wildman–Crippen LogP) is 2.10. The van der Waals surface area contributed by atoms with Crippen molar-refractivity contribution < 1.29 is 13.2 Å². The van der Waals surface area contributed by atoms with E-state index in [0.29, 0.717) is 19.6 Å². The fraction of sp³-hybridized carbons (Fsp3) is 0.316. The maximum atomic E-state index is 13.2. The van der Waals surface area contributed by atoms with Gasteiger partial charge >= 0.3 is 0 Å². The maximum Gasteiger partial charge on any atom is 0.248 e. The van der Waals surface area contributed by atoms with Gasteiger partial charge in [0.05, 0.1) is 10.9 Å². The largest absolute Gasteiger partial charge is 0.366 e. The van der Waals surface area contributed by atoms with Gasteiger partial charge in [-0.2, -0.15) is 4.31 Å². The number of sulfonamides is 1. The van der Waals surface area contributed by atoms with Crippen LogP contribution in [0.5, 0.6) is 0 Å². The number of primary amides is 1. The summed E-state index contributed by atoms with van der Waals surface area (Å²) in [7, 11) is -3.68. The van der Waals surface area contributed by atoms with Gasteiger partial charge in [0.1, 0.15) is 0 Å². The zero-order chi connectivity index (χ0) is 18.7. The second kappa shape index (κ2) is 8.84. The number of hydrogen-bond donors (Lipinski definition) is 2. The molecule has 1 atom stereocenters. The average Bonchev–Trinajstić information content (AvgIpc) is 2.68. The van der Waals surface area contributed by atoms with Gasteiger partial charge in [0.15, 0.2) is 0 Å². The third-order valence-corrected chi connectivity index (χ3v) is 6.63. The maximum absolute atomic E-state index is 13.2. The third-order valence-electron chi connectivity index (χ3n) is 4.71. The molecule has 3 rings (SSSR count). The summed E-state index contributed by atoms with van der Waals surface area (Å²) in [6.45, 7) is 3.63. The fourth-order valence-electron chi connectivity index (χ4n) is 3.16. The number of benzene rings is 2. The van der Waals surface area contributed by atoms with E-state index in [1.54, 1.807) is 0 Å². The smallest absolute Gasteiger partial charge is 0.248 e. The first-order valence-corrected chi connectivity index (χ1v) is 10.1. The lowest BCUT2D eigenvalue weighted by Gasteiger charge is -2.35. The van der Waals surface area contributed by atoms with Crippen molar-refractivity contribution in [3.8, 4) is 0 Å². The summed E-state index contributed by atoms with van der Waals surface area (Å²) in [5.41, 5.74) is 7.70. The molecule has 3 N–H and O–H groups in total. The summed E-state index contributed by atoms with van der Waals surface area (Å²) in [4.78, 5) is 11.4. The van der Waals surface area contributed by atoms with Gasteiger partial charge in [-0.15, -0.1) is 12.4 Å². The van der Waals surface area contributed by atoms with Gasteiger partial charge in [-0.1, -0.05) is 31.2 Å². The van der Waals surface area contributed by atoms with Gasteiger partial charge in [-0.05, 0) is 41.8 Å². The Hall–Kier alpha value is -1.93. The molecule has 0 aliphatic carbocycles. The minimum Gasteiger partial charge on any atom is -0.366 e. The highest BCUT2D eigenvalue weighted by Crippen LogP contribution is 2.29. The van der Waals surface area contributed by atoms with E-state index in [2.05, 4.69) is 12.2 Å². The molecule has 1 aliphatic rings. The topological polar surface area (TPSA) is 92.5 Å². The SMILES string of the molecule is CCc1ccc(C2CNCCN2S(=O)(=O)c2ccc(C(N)=O)cc2)cc1.Cl. The molecule has 1 unspecified atom stereocenters. The zero-order valence-corrected chi connectivity index (χ0v) is 16.7. The molecule has 2 aromatic carbocycles. The van der Waals surface area contributed by atoms with Gasteiger partial charge in [-0.3, -0.25) is 4.79 Å². The predicted molar refractivity (Wildman–Crippen MR) is 108 cm³/mol. The lowest BCUT2D eigenvalue weighted by molar-refractivity contribution is 0.1000. The Balaban J connectivity index is 0.00000261. The number of nitrogens with one attached hydrogen (secondary N) is 1. The Bertz CT molecular complexity index is 883. The van der Waals surface area contributed by atoms with Crippen LogP contribution in [-0.2, 0) is 16.4 Å². The monoisotopic (exact) mass is 409 g/mol. The lowest BCUT2D eigenvalue weighted by atomic mass is 10.0. The van der Waals surface area contributed by atoms with Gasteiger partial charge in [0.2, 0.25) is 15.9 Å². The van der Waals surface area contributed by atoms with Crippen LogP contribution in [-0.4, -0.2) is 38.3 Å². The normalized spacial score (nSPS) is 17.9. The minimum atomic E-state index is -3.68. The van der Waals surface area contributed by atoms with Crippen molar-refractivity contribution in [2.45, 2.75) is 24.3 Å². The summed E-state index contributed by atoms with van der Waals surface area (Å²) >= 11 is 0. The molecule has 6 nitrogen and oxygen atoms in total. The number of amides is 1. The molecule has 1 amide bonds. The number of halogens is 1. The Labute approximate surface area is 166 Å². The van der Waals surface area contributed by atoms with E-state index in [0.717, 1.165) is 12.0 Å². The number of nitrogens with zero attached hydrogens (tertiary/aromatic N) is 1. The average molecular weight is 410 g/mol. The van der Waals surface area contributed by atoms with Crippen LogP contribution in [0.4, 0.5) is 0 Å². The van der Waals surface area contributed by atoms with E-state index in [9.17, 15) is 13.2 Å². The Morgan fingerprint density at radius 1 is 1.15 bits per heavy atom. The zero-order valence-electron chi connectivity index (χ0n) is 15.1. The molecule has 1 heterocycles. The molecule has 146 valence electrons. The van der Waals surface area contributed by atoms with Crippen molar-refractivity contribution in [2.24, 2.45) is 5.73 Å². The van der Waals surface area contributed by atoms with Crippen LogP contribution < -0.4 is 11.1 Å². The summed E-state index contributed by atoms with van der Waals surface area (Å²) in [6, 6.07) is 13.6. The molecule has 0 aromatic heterocycles. The van der Waals surface area contributed by atoms with Crippen LogP contribution in [0, 0.1) is 0 Å². The number of piperazine rings is 1. The first-order valence-electron chi connectivity index (χ1n) is 8.64. The van der Waals surface area contributed by atoms with Crippen LogP contribution in [0.15, 0.2) is 53.4 Å². The van der Waals surface area contributed by atoms with Crippen molar-refractivity contribution >= 4 is 28.3 Å². The number of rotatable bonds is 5. The van der Waals surface area contributed by atoms with Gasteiger partial charge in [-0.25, -0.2) is 8.42 Å². The van der Waals surface area contributed by atoms with E-state index in [1.807, 2.05) is 24.3 Å². The quantitative estimate of drug-likeness (QED) is 0.790. The molecule has 1 aliphatic heterocycles. The van der Waals surface area contributed by atoms with Crippen molar-refractivity contribution in [2.75, 3.05) is 19.6 Å². The van der Waals surface area contributed by atoms with E-state index >= 15 is 0 Å². The molecule has 0 radical (unpaired) electrons. The Kier molecular flexibility index (Phi) is 7.00. The van der Waals surface area contributed by atoms with Gasteiger partial charge < -0.3 is 11.1 Å². The second-order valence-electron chi connectivity index (χ2n) is 6.32. The highest BCUT2D eigenvalue weighted by Gasteiger charge is 2.34. The first-order chi connectivity index (χ1) is 12.4. The number of nitrogens with two attached hydrogens (primary N) is 1. The summed E-state index contributed by atoms with van der Waals surface area (Å²) in [6.07, 6.45) is 0.942. The van der Waals surface area contributed by atoms with Crippen LogP contribution >= 0.6 is 12.4 Å². The van der Waals surface area contributed by atoms with Crippen LogP contribution in [0.1, 0.15) is 34.5 Å². The molecular formula is C19H24ClN3O3S. The fourth-order valence-corrected chi connectivity index (χ4v) is 4.77. The molecule has 27 heavy (non-hydrogen) atoms. The van der Waals surface area contributed by atoms with Crippen molar-refractivity contribution in [3.05, 3.63) is 65.2 Å². The summed E-state index contributed by atoms with van der Waals surface area (Å²) < 4.78 is 27.8. The molecule has 2 aromatic rings. The van der Waals surface area contributed by atoms with Gasteiger partial charge in [0, 0.05) is 25.2 Å². The second-order valence-corrected chi connectivity index (χ2v) is 8.21. The summed E-state index contributed by atoms with van der Waals surface area (Å²) in [5, 5.41) is 3.27. The van der Waals surface area contributed by atoms with E-state index in [1.165, 1.54) is 34.1 Å². The Morgan fingerprint density at radius 3 is 2.33 bits per heavy atom. The molecule has 0 spiro atoms. The molecule has 0 saturated carbocycles. The van der Waals surface area contributed by atoms with Crippen molar-refractivity contribution in [1.82, 2.24) is 9.62 Å². The third kappa shape index (κ3) is 4.50. The van der Waals surface area contributed by atoms with Crippen LogP contribution in [0.25, 0.3) is 0 Å². The van der Waals surface area contributed by atoms with E-state index in [-0.39, 0.29) is 28.9 Å². The molecule has 8 heteroatoms. The first kappa shape index (κ1) is 21.4. The number of hydrogen-bond acceptors (Lipinski definition) is 4. The molecule has 0 bridgehead atoms. The highest BCUT2D eigenvalue weighted by atomic mass is 35.5. The molecule has 1 saturated heterocycles. The number of carbonyl (C=O) groups is 1. The van der Waals surface area contributed by atoms with Crippen LogP contribution in [0.2, 0.25) is 0 Å². The highest BCUT2D eigenvalue weighted by molar-refractivity contribution is 7.89.